The molecule has 3 nitrogen and oxygen atoms in total. The molecule has 0 fully saturated rings. The number of anilines is 1. The molecule has 0 aromatic carbocycles. The summed E-state index contributed by atoms with van der Waals surface area (Å²) < 4.78 is 0. The number of hydrogen-bond donors (Lipinski definition) is 1. The van der Waals surface area contributed by atoms with Crippen LogP contribution >= 0.6 is 0 Å². The van der Waals surface area contributed by atoms with E-state index in [0.717, 1.165) is 29.7 Å². The van der Waals surface area contributed by atoms with Gasteiger partial charge in [0.25, 0.3) is 0 Å². The summed E-state index contributed by atoms with van der Waals surface area (Å²) in [5.41, 5.74) is 2.15. The largest absolute Gasteiger partial charge is 0.352 e. The third kappa shape index (κ3) is 4.63. The molecule has 0 aliphatic heterocycles. The van der Waals surface area contributed by atoms with Crippen molar-refractivity contribution in [2.45, 2.75) is 66.3 Å². The van der Waals surface area contributed by atoms with E-state index in [4.69, 9.17) is 0 Å². The topological polar surface area (TPSA) is 37.8 Å². The van der Waals surface area contributed by atoms with Crippen LogP contribution in [-0.2, 0) is 0 Å². The number of aromatic nitrogens is 2. The molecule has 3 heteroatoms. The van der Waals surface area contributed by atoms with Crippen molar-refractivity contribution in [3.05, 3.63) is 17.5 Å². The molecular weight excluding hydrogens is 222 g/mol. The molecule has 0 aliphatic carbocycles. The fourth-order valence-electron chi connectivity index (χ4n) is 2.00. The van der Waals surface area contributed by atoms with Gasteiger partial charge in [-0.2, -0.15) is 0 Å². The van der Waals surface area contributed by atoms with E-state index in [0.29, 0.717) is 12.0 Å². The number of hydrogen-bond acceptors (Lipinski definition) is 3. The van der Waals surface area contributed by atoms with Crippen molar-refractivity contribution in [3.8, 4) is 0 Å². The van der Waals surface area contributed by atoms with Crippen molar-refractivity contribution in [2.24, 2.45) is 5.92 Å². The molecule has 2 atom stereocenters. The molecule has 0 bridgehead atoms. The summed E-state index contributed by atoms with van der Waals surface area (Å²) in [6, 6.07) is 2.48. The molecule has 0 amide bonds. The number of nitrogens with zero attached hydrogens (tertiary/aromatic N) is 2. The lowest BCUT2D eigenvalue weighted by atomic mass is 10.0. The molecule has 0 aliphatic rings. The Balaban J connectivity index is 2.72. The monoisotopic (exact) mass is 249 g/mol. The lowest BCUT2D eigenvalue weighted by Crippen LogP contribution is -2.20. The first-order chi connectivity index (χ1) is 8.42. The van der Waals surface area contributed by atoms with Gasteiger partial charge in [-0.25, -0.2) is 9.97 Å². The van der Waals surface area contributed by atoms with Crippen LogP contribution in [0.5, 0.6) is 0 Å². The molecule has 102 valence electrons. The van der Waals surface area contributed by atoms with E-state index >= 15 is 0 Å². The Labute approximate surface area is 111 Å². The van der Waals surface area contributed by atoms with Crippen LogP contribution in [0.15, 0.2) is 6.07 Å². The van der Waals surface area contributed by atoms with Crippen molar-refractivity contribution in [1.82, 2.24) is 9.97 Å². The molecule has 0 saturated carbocycles. The summed E-state index contributed by atoms with van der Waals surface area (Å²) in [4.78, 5) is 9.05. The van der Waals surface area contributed by atoms with E-state index in [-0.39, 0.29) is 0 Å². The van der Waals surface area contributed by atoms with Crippen LogP contribution in [0.2, 0.25) is 0 Å². The van der Waals surface area contributed by atoms with Crippen LogP contribution in [0, 0.1) is 12.8 Å². The van der Waals surface area contributed by atoms with Crippen molar-refractivity contribution in [3.63, 3.8) is 0 Å². The van der Waals surface area contributed by atoms with E-state index in [1.165, 1.54) is 6.42 Å². The average Bonchev–Trinajstić information content (AvgIpc) is 2.27. The minimum atomic E-state index is 0.418. The molecular formula is C15H27N3. The fourth-order valence-corrected chi connectivity index (χ4v) is 2.00. The minimum absolute atomic E-state index is 0.418. The van der Waals surface area contributed by atoms with E-state index in [1.54, 1.807) is 0 Å². The molecule has 0 radical (unpaired) electrons. The second-order valence-corrected chi connectivity index (χ2v) is 5.71. The Morgan fingerprint density at radius 2 is 1.83 bits per heavy atom. The Bertz CT molecular complexity index is 374. The number of aryl methyl sites for hydroxylation is 1. The van der Waals surface area contributed by atoms with Gasteiger partial charge in [0.05, 0.1) is 0 Å². The van der Waals surface area contributed by atoms with Crippen LogP contribution in [0.3, 0.4) is 0 Å². The highest BCUT2D eigenvalue weighted by molar-refractivity contribution is 5.30. The highest BCUT2D eigenvalue weighted by Gasteiger charge is 2.10. The van der Waals surface area contributed by atoms with E-state index in [9.17, 15) is 0 Å². The number of rotatable bonds is 6. The van der Waals surface area contributed by atoms with E-state index in [1.807, 2.05) is 6.92 Å². The summed E-state index contributed by atoms with van der Waals surface area (Å²) >= 11 is 0. The zero-order valence-electron chi connectivity index (χ0n) is 12.6. The highest BCUT2D eigenvalue weighted by Crippen LogP contribution is 2.16. The van der Waals surface area contributed by atoms with Crippen LogP contribution < -0.4 is 5.32 Å². The molecule has 2 unspecified atom stereocenters. The van der Waals surface area contributed by atoms with Gasteiger partial charge < -0.3 is 5.32 Å². The zero-order chi connectivity index (χ0) is 13.7. The molecule has 0 spiro atoms. The molecule has 1 N–H and O–H groups in total. The van der Waals surface area contributed by atoms with Crippen LogP contribution in [0.1, 0.15) is 64.8 Å². The van der Waals surface area contributed by atoms with Gasteiger partial charge in [0, 0.05) is 17.4 Å². The summed E-state index contributed by atoms with van der Waals surface area (Å²) in [5, 5.41) is 3.42. The van der Waals surface area contributed by atoms with Crippen LogP contribution in [-0.4, -0.2) is 16.0 Å². The Morgan fingerprint density at radius 3 is 2.39 bits per heavy atom. The third-order valence-electron chi connectivity index (χ3n) is 3.29. The molecule has 1 heterocycles. The van der Waals surface area contributed by atoms with Gasteiger partial charge in [-0.15, -0.1) is 0 Å². The van der Waals surface area contributed by atoms with Gasteiger partial charge in [0.1, 0.15) is 0 Å². The van der Waals surface area contributed by atoms with Gasteiger partial charge in [-0.3, -0.25) is 0 Å². The van der Waals surface area contributed by atoms with Crippen molar-refractivity contribution in [2.75, 3.05) is 5.32 Å². The SMILES string of the molecule is CCC(C)CC(C)Nc1nc(C)cc(C(C)C)n1. The van der Waals surface area contributed by atoms with Crippen LogP contribution in [0.25, 0.3) is 0 Å². The smallest absolute Gasteiger partial charge is 0.223 e. The van der Waals surface area contributed by atoms with Crippen LogP contribution in [0.4, 0.5) is 5.95 Å². The molecule has 1 rings (SSSR count). The molecule has 0 saturated heterocycles. The van der Waals surface area contributed by atoms with Gasteiger partial charge in [-0.05, 0) is 38.2 Å². The summed E-state index contributed by atoms with van der Waals surface area (Å²) in [6.45, 7) is 13.1. The predicted molar refractivity (Wildman–Crippen MR) is 78.0 cm³/mol. The first kappa shape index (κ1) is 14.9. The van der Waals surface area contributed by atoms with Gasteiger partial charge in [0.15, 0.2) is 0 Å². The lowest BCUT2D eigenvalue weighted by molar-refractivity contribution is 0.482. The zero-order valence-corrected chi connectivity index (χ0v) is 12.6. The minimum Gasteiger partial charge on any atom is -0.352 e. The third-order valence-corrected chi connectivity index (χ3v) is 3.29. The Morgan fingerprint density at radius 1 is 1.17 bits per heavy atom. The standard InChI is InChI=1S/C15H27N3/c1-7-11(4)8-12(5)16-15-17-13(6)9-14(18-15)10(2)3/h9-12H,7-8H2,1-6H3,(H,16,17,18). The Hall–Kier alpha value is -1.12. The molecule has 1 aromatic rings. The quantitative estimate of drug-likeness (QED) is 0.823. The average molecular weight is 249 g/mol. The second-order valence-electron chi connectivity index (χ2n) is 5.71. The summed E-state index contributed by atoms with van der Waals surface area (Å²) in [7, 11) is 0. The maximum absolute atomic E-state index is 4.58. The number of nitrogens with one attached hydrogen (secondary N) is 1. The van der Waals surface area contributed by atoms with Crippen molar-refractivity contribution in [1.29, 1.82) is 0 Å². The fraction of sp³-hybridized carbons (Fsp3) is 0.733. The molecule has 1 aromatic heterocycles. The second kappa shape index (κ2) is 6.72. The summed E-state index contributed by atoms with van der Waals surface area (Å²) in [5.74, 6) is 1.95. The Kier molecular flexibility index (Phi) is 5.57. The predicted octanol–water partition coefficient (Wildman–Crippen LogP) is 4.15. The summed E-state index contributed by atoms with van der Waals surface area (Å²) in [6.07, 6.45) is 2.38. The maximum Gasteiger partial charge on any atom is 0.223 e. The first-order valence-electron chi connectivity index (χ1n) is 7.04. The van der Waals surface area contributed by atoms with Crippen molar-refractivity contribution < 1.29 is 0 Å². The van der Waals surface area contributed by atoms with Crippen molar-refractivity contribution >= 4 is 5.95 Å². The van der Waals surface area contributed by atoms with E-state index in [2.05, 4.69) is 56.0 Å². The first-order valence-corrected chi connectivity index (χ1v) is 7.04. The van der Waals surface area contributed by atoms with Gasteiger partial charge in [0.2, 0.25) is 5.95 Å². The molecule has 18 heavy (non-hydrogen) atoms. The normalized spacial score (nSPS) is 14.6. The highest BCUT2D eigenvalue weighted by atomic mass is 15.1. The van der Waals surface area contributed by atoms with E-state index < -0.39 is 0 Å². The maximum atomic E-state index is 4.58. The van der Waals surface area contributed by atoms with Gasteiger partial charge >= 0.3 is 0 Å². The van der Waals surface area contributed by atoms with Gasteiger partial charge in [-0.1, -0.05) is 34.1 Å². The lowest BCUT2D eigenvalue weighted by Gasteiger charge is -2.18.